The number of carbonyl (C=O) groups is 1. The molecule has 1 amide bonds. The van der Waals surface area contributed by atoms with Gasteiger partial charge in [0, 0.05) is 16.8 Å². The van der Waals surface area contributed by atoms with Crippen molar-refractivity contribution in [3.8, 4) is 22.1 Å². The van der Waals surface area contributed by atoms with E-state index < -0.39 is 0 Å². The van der Waals surface area contributed by atoms with Gasteiger partial charge in [0.05, 0.1) is 24.4 Å². The Morgan fingerprint density at radius 1 is 0.931 bits per heavy atom. The van der Waals surface area contributed by atoms with Gasteiger partial charge in [0.1, 0.15) is 5.01 Å². The van der Waals surface area contributed by atoms with Crippen LogP contribution in [-0.2, 0) is 0 Å². The molecule has 4 rings (SSSR count). The zero-order chi connectivity index (χ0) is 20.4. The summed E-state index contributed by atoms with van der Waals surface area (Å²) in [4.78, 5) is 17.3. The van der Waals surface area contributed by atoms with Gasteiger partial charge in [-0.1, -0.05) is 6.07 Å². The standard InChI is InChI=1S/C23H20N2O3S/c1-14-4-10-18-21(12-14)29-23(25-18)15-5-8-17(9-6-15)24-22(26)16-7-11-19(27-2)20(13-16)28-3/h4-13H,1-3H3,(H,24,26). The molecule has 4 aromatic rings. The summed E-state index contributed by atoms with van der Waals surface area (Å²) in [5.41, 5.74) is 4.45. The number of thiazole rings is 1. The van der Waals surface area contributed by atoms with Crippen molar-refractivity contribution in [3.63, 3.8) is 0 Å². The molecule has 6 heteroatoms. The van der Waals surface area contributed by atoms with E-state index in [1.54, 1.807) is 43.8 Å². The Hall–Kier alpha value is -3.38. The lowest BCUT2D eigenvalue weighted by atomic mass is 10.1. The monoisotopic (exact) mass is 404 g/mol. The van der Waals surface area contributed by atoms with E-state index in [-0.39, 0.29) is 5.91 Å². The maximum atomic E-state index is 12.6. The van der Waals surface area contributed by atoms with Crippen molar-refractivity contribution in [2.24, 2.45) is 0 Å². The number of anilines is 1. The van der Waals surface area contributed by atoms with Gasteiger partial charge in [-0.2, -0.15) is 0 Å². The van der Waals surface area contributed by atoms with Crippen LogP contribution in [0.1, 0.15) is 15.9 Å². The molecule has 0 spiro atoms. The first-order valence-electron chi connectivity index (χ1n) is 9.08. The van der Waals surface area contributed by atoms with Crippen molar-refractivity contribution in [1.29, 1.82) is 0 Å². The summed E-state index contributed by atoms with van der Waals surface area (Å²) < 4.78 is 11.6. The SMILES string of the molecule is COc1ccc(C(=O)Nc2ccc(-c3nc4ccc(C)cc4s3)cc2)cc1OC. The number of fused-ring (bicyclic) bond motifs is 1. The van der Waals surface area contributed by atoms with Gasteiger partial charge >= 0.3 is 0 Å². The summed E-state index contributed by atoms with van der Waals surface area (Å²) in [7, 11) is 3.10. The molecule has 29 heavy (non-hydrogen) atoms. The fourth-order valence-electron chi connectivity index (χ4n) is 3.03. The minimum absolute atomic E-state index is 0.214. The molecular weight excluding hydrogens is 384 g/mol. The minimum Gasteiger partial charge on any atom is -0.493 e. The number of nitrogens with one attached hydrogen (secondary N) is 1. The van der Waals surface area contributed by atoms with Gasteiger partial charge in [-0.3, -0.25) is 4.79 Å². The highest BCUT2D eigenvalue weighted by Crippen LogP contribution is 2.32. The van der Waals surface area contributed by atoms with E-state index in [0.717, 1.165) is 16.1 Å². The number of aromatic nitrogens is 1. The molecule has 1 N–H and O–H groups in total. The average Bonchev–Trinajstić information content (AvgIpc) is 3.16. The molecule has 1 aromatic heterocycles. The summed E-state index contributed by atoms with van der Waals surface area (Å²) in [6.45, 7) is 2.08. The number of methoxy groups -OCH3 is 2. The molecule has 0 radical (unpaired) electrons. The van der Waals surface area contributed by atoms with Crippen molar-refractivity contribution >= 4 is 33.1 Å². The third kappa shape index (κ3) is 3.93. The Kier molecular flexibility index (Phi) is 5.18. The Bertz CT molecular complexity index is 1180. The molecule has 0 saturated heterocycles. The van der Waals surface area contributed by atoms with Crippen LogP contribution in [-0.4, -0.2) is 25.1 Å². The number of aryl methyl sites for hydroxylation is 1. The summed E-state index contributed by atoms with van der Waals surface area (Å²) in [6, 6.07) is 19.0. The van der Waals surface area contributed by atoms with Crippen LogP contribution in [0.25, 0.3) is 20.8 Å². The smallest absolute Gasteiger partial charge is 0.255 e. The first kappa shape index (κ1) is 19.0. The molecule has 3 aromatic carbocycles. The zero-order valence-electron chi connectivity index (χ0n) is 16.4. The van der Waals surface area contributed by atoms with E-state index in [1.807, 2.05) is 30.3 Å². The Morgan fingerprint density at radius 3 is 2.41 bits per heavy atom. The molecular formula is C23H20N2O3S. The number of amides is 1. The largest absolute Gasteiger partial charge is 0.493 e. The highest BCUT2D eigenvalue weighted by Gasteiger charge is 2.12. The number of hydrogen-bond acceptors (Lipinski definition) is 5. The Morgan fingerprint density at radius 2 is 1.69 bits per heavy atom. The van der Waals surface area contributed by atoms with E-state index in [2.05, 4.69) is 24.4 Å². The molecule has 0 atom stereocenters. The van der Waals surface area contributed by atoms with Crippen molar-refractivity contribution in [2.45, 2.75) is 6.92 Å². The van der Waals surface area contributed by atoms with Crippen molar-refractivity contribution in [1.82, 2.24) is 4.98 Å². The van der Waals surface area contributed by atoms with Gasteiger partial charge in [-0.05, 0) is 67.1 Å². The van der Waals surface area contributed by atoms with Crippen LogP contribution in [0.5, 0.6) is 11.5 Å². The number of carbonyl (C=O) groups excluding carboxylic acids is 1. The lowest BCUT2D eigenvalue weighted by molar-refractivity contribution is 0.102. The second-order valence-corrected chi connectivity index (χ2v) is 7.62. The molecule has 0 fully saturated rings. The fraction of sp³-hybridized carbons (Fsp3) is 0.130. The van der Waals surface area contributed by atoms with Gasteiger partial charge in [-0.15, -0.1) is 11.3 Å². The fourth-order valence-corrected chi connectivity index (χ4v) is 4.10. The molecule has 1 heterocycles. The van der Waals surface area contributed by atoms with Gasteiger partial charge in [0.2, 0.25) is 0 Å². The van der Waals surface area contributed by atoms with Crippen LogP contribution in [0.3, 0.4) is 0 Å². The topological polar surface area (TPSA) is 60.5 Å². The van der Waals surface area contributed by atoms with Gasteiger partial charge < -0.3 is 14.8 Å². The normalized spacial score (nSPS) is 10.7. The summed E-state index contributed by atoms with van der Waals surface area (Å²) in [5.74, 6) is 0.884. The van der Waals surface area contributed by atoms with Crippen molar-refractivity contribution in [2.75, 3.05) is 19.5 Å². The Labute approximate surface area is 172 Å². The van der Waals surface area contributed by atoms with Gasteiger partial charge in [0.25, 0.3) is 5.91 Å². The average molecular weight is 404 g/mol. The third-order valence-corrected chi connectivity index (χ3v) is 5.65. The Balaban J connectivity index is 1.52. The highest BCUT2D eigenvalue weighted by molar-refractivity contribution is 7.21. The quantitative estimate of drug-likeness (QED) is 0.474. The van der Waals surface area contributed by atoms with Crippen LogP contribution in [0.4, 0.5) is 5.69 Å². The lowest BCUT2D eigenvalue weighted by Gasteiger charge is -2.10. The summed E-state index contributed by atoms with van der Waals surface area (Å²) >= 11 is 1.66. The van der Waals surface area contributed by atoms with Crippen molar-refractivity contribution < 1.29 is 14.3 Å². The number of ether oxygens (including phenoxy) is 2. The number of rotatable bonds is 5. The maximum Gasteiger partial charge on any atom is 0.255 e. The third-order valence-electron chi connectivity index (χ3n) is 4.58. The second-order valence-electron chi connectivity index (χ2n) is 6.59. The number of nitrogens with zero attached hydrogens (tertiary/aromatic N) is 1. The van der Waals surface area contributed by atoms with Crippen LogP contribution in [0.2, 0.25) is 0 Å². The first-order chi connectivity index (χ1) is 14.1. The van der Waals surface area contributed by atoms with Crippen LogP contribution < -0.4 is 14.8 Å². The van der Waals surface area contributed by atoms with Gasteiger partial charge in [-0.25, -0.2) is 4.98 Å². The summed E-state index contributed by atoms with van der Waals surface area (Å²) in [5, 5.41) is 3.87. The highest BCUT2D eigenvalue weighted by atomic mass is 32.1. The number of benzene rings is 3. The second kappa shape index (κ2) is 7.93. The molecule has 5 nitrogen and oxygen atoms in total. The minimum atomic E-state index is -0.214. The van der Waals surface area contributed by atoms with Crippen LogP contribution in [0.15, 0.2) is 60.7 Å². The van der Waals surface area contributed by atoms with Crippen LogP contribution in [0, 0.1) is 6.92 Å². The molecule has 0 aliphatic rings. The van der Waals surface area contributed by atoms with E-state index in [1.165, 1.54) is 10.3 Å². The zero-order valence-corrected chi connectivity index (χ0v) is 17.2. The molecule has 0 aliphatic heterocycles. The van der Waals surface area contributed by atoms with E-state index in [0.29, 0.717) is 22.7 Å². The van der Waals surface area contributed by atoms with Crippen molar-refractivity contribution in [3.05, 3.63) is 71.8 Å². The van der Waals surface area contributed by atoms with Gasteiger partial charge in [0.15, 0.2) is 11.5 Å². The summed E-state index contributed by atoms with van der Waals surface area (Å²) in [6.07, 6.45) is 0. The van der Waals surface area contributed by atoms with E-state index >= 15 is 0 Å². The lowest BCUT2D eigenvalue weighted by Crippen LogP contribution is -2.12. The maximum absolute atomic E-state index is 12.6. The molecule has 146 valence electrons. The predicted octanol–water partition coefficient (Wildman–Crippen LogP) is 5.54. The molecule has 0 unspecified atom stereocenters. The predicted molar refractivity (Wildman–Crippen MR) is 117 cm³/mol. The van der Waals surface area contributed by atoms with E-state index in [4.69, 9.17) is 14.5 Å². The molecule has 0 bridgehead atoms. The molecule has 0 aliphatic carbocycles. The number of hydrogen-bond donors (Lipinski definition) is 1. The van der Waals surface area contributed by atoms with E-state index in [9.17, 15) is 4.79 Å². The molecule has 0 saturated carbocycles. The van der Waals surface area contributed by atoms with Crippen LogP contribution >= 0.6 is 11.3 Å². The first-order valence-corrected chi connectivity index (χ1v) is 9.90.